The number of anilines is 1. The van der Waals surface area contributed by atoms with Crippen LogP contribution in [-0.4, -0.2) is 51.2 Å². The van der Waals surface area contributed by atoms with E-state index in [-0.39, 0.29) is 5.91 Å². The number of ether oxygens (including phenoxy) is 1. The summed E-state index contributed by atoms with van der Waals surface area (Å²) in [5.41, 5.74) is 0.594. The summed E-state index contributed by atoms with van der Waals surface area (Å²) in [7, 11) is 0. The minimum absolute atomic E-state index is 0.0432. The number of nitrogens with zero attached hydrogens (tertiary/aromatic N) is 5. The van der Waals surface area contributed by atoms with Gasteiger partial charge in [0.05, 0.1) is 6.54 Å². The highest BCUT2D eigenvalue weighted by atomic mass is 16.5. The first-order valence-electron chi connectivity index (χ1n) is 10.5. The van der Waals surface area contributed by atoms with Crippen LogP contribution in [-0.2, 0) is 28.1 Å². The van der Waals surface area contributed by atoms with E-state index in [2.05, 4.69) is 50.5 Å². The molecule has 0 saturated carbocycles. The predicted molar refractivity (Wildman–Crippen MR) is 109 cm³/mol. The number of carbonyl (C=O) groups excluding carboxylic acids is 1. The zero-order chi connectivity index (χ0) is 20.4. The second kappa shape index (κ2) is 8.10. The van der Waals surface area contributed by atoms with Crippen LogP contribution in [0.2, 0.25) is 0 Å². The summed E-state index contributed by atoms with van der Waals surface area (Å²) in [6.45, 7) is 8.95. The smallest absolute Gasteiger partial charge is 0.251 e. The number of nitrogens with one attached hydrogen (secondary N) is 1. The Balaban J connectivity index is 1.49. The van der Waals surface area contributed by atoms with Gasteiger partial charge in [-0.2, -0.15) is 0 Å². The zero-order valence-electron chi connectivity index (χ0n) is 17.5. The molecule has 0 radical (unpaired) electrons. The molecule has 2 aromatic heterocycles. The first-order valence-corrected chi connectivity index (χ1v) is 10.5. The van der Waals surface area contributed by atoms with E-state index in [1.165, 1.54) is 0 Å². The third kappa shape index (κ3) is 3.99. The lowest BCUT2D eigenvalue weighted by molar-refractivity contribution is -0.167. The summed E-state index contributed by atoms with van der Waals surface area (Å²) in [4.78, 5) is 28.5. The van der Waals surface area contributed by atoms with E-state index in [0.717, 1.165) is 49.7 Å². The molecule has 1 amide bonds. The molecule has 8 nitrogen and oxygen atoms in total. The van der Waals surface area contributed by atoms with Gasteiger partial charge in [0.1, 0.15) is 11.4 Å². The molecule has 1 fully saturated rings. The van der Waals surface area contributed by atoms with Crippen molar-refractivity contribution in [2.75, 3.05) is 24.5 Å². The van der Waals surface area contributed by atoms with Gasteiger partial charge in [0.25, 0.3) is 5.91 Å². The topological polar surface area (TPSA) is 85.2 Å². The quantitative estimate of drug-likeness (QED) is 0.828. The van der Waals surface area contributed by atoms with Gasteiger partial charge in [0, 0.05) is 57.3 Å². The minimum atomic E-state index is -0.540. The number of hydrogen-bond acceptors (Lipinski definition) is 6. The van der Waals surface area contributed by atoms with Crippen LogP contribution in [0.15, 0.2) is 24.8 Å². The molecule has 0 bridgehead atoms. The van der Waals surface area contributed by atoms with E-state index < -0.39 is 11.7 Å². The Labute approximate surface area is 171 Å². The monoisotopic (exact) mass is 398 g/mol. The average Bonchev–Trinajstić information content (AvgIpc) is 3.22. The number of amides is 1. The number of aromatic nitrogens is 4. The van der Waals surface area contributed by atoms with Crippen molar-refractivity contribution in [3.05, 3.63) is 36.2 Å². The molecule has 2 aliphatic rings. The molecule has 2 aliphatic heterocycles. The van der Waals surface area contributed by atoms with Crippen LogP contribution >= 0.6 is 0 Å². The molecule has 0 aliphatic carbocycles. The van der Waals surface area contributed by atoms with Crippen molar-refractivity contribution in [3.63, 3.8) is 0 Å². The third-order valence-corrected chi connectivity index (χ3v) is 5.78. The molecule has 1 unspecified atom stereocenters. The van der Waals surface area contributed by atoms with Gasteiger partial charge in [0.2, 0.25) is 5.95 Å². The van der Waals surface area contributed by atoms with E-state index in [4.69, 9.17) is 4.74 Å². The molecule has 4 heterocycles. The van der Waals surface area contributed by atoms with E-state index in [1.54, 1.807) is 6.20 Å². The normalized spacial score (nSPS) is 20.7. The summed E-state index contributed by atoms with van der Waals surface area (Å²) >= 11 is 0. The molecule has 0 aromatic carbocycles. The fourth-order valence-electron chi connectivity index (χ4n) is 4.05. The van der Waals surface area contributed by atoms with Crippen LogP contribution in [0.1, 0.15) is 45.0 Å². The average molecular weight is 399 g/mol. The molecule has 1 spiro atoms. The highest BCUT2D eigenvalue weighted by Crippen LogP contribution is 2.40. The number of rotatable bonds is 5. The van der Waals surface area contributed by atoms with Gasteiger partial charge in [-0.15, -0.1) is 0 Å². The summed E-state index contributed by atoms with van der Waals surface area (Å²) in [6, 6.07) is 0. The van der Waals surface area contributed by atoms with Crippen molar-refractivity contribution in [1.29, 1.82) is 0 Å². The van der Waals surface area contributed by atoms with Gasteiger partial charge in [-0.25, -0.2) is 15.0 Å². The van der Waals surface area contributed by atoms with Crippen LogP contribution < -0.4 is 10.2 Å². The standard InChI is InChI=1S/C21H30N6O2/c1-4-16-12-24-20(25-13-16)26-8-5-21(6-9-26)19-22-7-10-27(19)14-17(29-21)18(28)23-11-15(2)3/h7,10,12-13,15,17H,4-6,8-9,11,14H2,1-3H3,(H,23,28). The van der Waals surface area contributed by atoms with E-state index in [1.807, 2.05) is 18.6 Å². The molecular weight excluding hydrogens is 368 g/mol. The molecule has 1 atom stereocenters. The second-order valence-corrected chi connectivity index (χ2v) is 8.37. The van der Waals surface area contributed by atoms with E-state index >= 15 is 0 Å². The number of fused-ring (bicyclic) bond motifs is 2. The van der Waals surface area contributed by atoms with Gasteiger partial charge in [-0.05, 0) is 17.9 Å². The lowest BCUT2D eigenvalue weighted by Crippen LogP contribution is -2.54. The van der Waals surface area contributed by atoms with E-state index in [0.29, 0.717) is 19.0 Å². The van der Waals surface area contributed by atoms with Crippen LogP contribution in [0.4, 0.5) is 5.95 Å². The molecule has 4 rings (SSSR count). The molecule has 8 heteroatoms. The fraction of sp³-hybridized carbons (Fsp3) is 0.619. The largest absolute Gasteiger partial charge is 0.354 e. The lowest BCUT2D eigenvalue weighted by atomic mass is 9.88. The van der Waals surface area contributed by atoms with Gasteiger partial charge in [-0.3, -0.25) is 4.79 Å². The number of carbonyl (C=O) groups is 1. The Morgan fingerprint density at radius 3 is 2.66 bits per heavy atom. The zero-order valence-corrected chi connectivity index (χ0v) is 17.5. The Morgan fingerprint density at radius 1 is 1.28 bits per heavy atom. The summed E-state index contributed by atoms with van der Waals surface area (Å²) in [6.07, 6.45) is 9.46. The number of hydrogen-bond donors (Lipinski definition) is 1. The first kappa shape index (κ1) is 19.8. The number of imidazole rings is 1. The number of aryl methyl sites for hydroxylation is 1. The predicted octanol–water partition coefficient (Wildman–Crippen LogP) is 1.90. The SMILES string of the molecule is CCc1cnc(N2CCC3(CC2)OC(C(=O)NCC(C)C)Cn2ccnc23)nc1. The van der Waals surface area contributed by atoms with Crippen molar-refractivity contribution < 1.29 is 9.53 Å². The van der Waals surface area contributed by atoms with Gasteiger partial charge in [-0.1, -0.05) is 20.8 Å². The van der Waals surface area contributed by atoms with Gasteiger partial charge < -0.3 is 19.5 Å². The van der Waals surface area contributed by atoms with Crippen LogP contribution in [0.5, 0.6) is 0 Å². The van der Waals surface area contributed by atoms with Crippen LogP contribution in [0.3, 0.4) is 0 Å². The maximum absolute atomic E-state index is 12.7. The lowest BCUT2D eigenvalue weighted by Gasteiger charge is -2.45. The highest BCUT2D eigenvalue weighted by Gasteiger charge is 2.47. The Morgan fingerprint density at radius 2 is 2.00 bits per heavy atom. The maximum Gasteiger partial charge on any atom is 0.251 e. The van der Waals surface area contributed by atoms with Crippen LogP contribution in [0.25, 0.3) is 0 Å². The molecule has 156 valence electrons. The summed E-state index contributed by atoms with van der Waals surface area (Å²) in [5, 5.41) is 3.01. The van der Waals surface area contributed by atoms with Crippen molar-refractivity contribution in [1.82, 2.24) is 24.8 Å². The first-order chi connectivity index (χ1) is 14.0. The Bertz CT molecular complexity index is 839. The molecule has 2 aromatic rings. The molecule has 29 heavy (non-hydrogen) atoms. The summed E-state index contributed by atoms with van der Waals surface area (Å²) < 4.78 is 8.53. The summed E-state index contributed by atoms with van der Waals surface area (Å²) in [5.74, 6) is 2.04. The third-order valence-electron chi connectivity index (χ3n) is 5.78. The van der Waals surface area contributed by atoms with Crippen molar-refractivity contribution in [2.45, 2.75) is 58.3 Å². The molecule has 1 N–H and O–H groups in total. The second-order valence-electron chi connectivity index (χ2n) is 8.37. The van der Waals surface area contributed by atoms with E-state index in [9.17, 15) is 4.79 Å². The Hall–Kier alpha value is -2.48. The fourth-order valence-corrected chi connectivity index (χ4v) is 4.05. The Kier molecular flexibility index (Phi) is 5.54. The van der Waals surface area contributed by atoms with Crippen molar-refractivity contribution in [2.24, 2.45) is 5.92 Å². The van der Waals surface area contributed by atoms with Crippen LogP contribution in [0, 0.1) is 5.92 Å². The maximum atomic E-state index is 12.7. The number of piperidine rings is 1. The minimum Gasteiger partial charge on any atom is -0.354 e. The molecule has 1 saturated heterocycles. The van der Waals surface area contributed by atoms with Gasteiger partial charge >= 0.3 is 0 Å². The van der Waals surface area contributed by atoms with Gasteiger partial charge in [0.15, 0.2) is 6.10 Å². The molecular formula is C21H30N6O2. The highest BCUT2D eigenvalue weighted by molar-refractivity contribution is 5.80. The van der Waals surface area contributed by atoms with Crippen molar-refractivity contribution in [3.8, 4) is 0 Å². The van der Waals surface area contributed by atoms with Crippen molar-refractivity contribution >= 4 is 11.9 Å².